The van der Waals surface area contributed by atoms with Crippen LogP contribution in [0.1, 0.15) is 18.7 Å². The molecule has 7 heteroatoms. The van der Waals surface area contributed by atoms with Crippen LogP contribution < -0.4 is 5.73 Å². The van der Waals surface area contributed by atoms with E-state index in [4.69, 9.17) is 10.5 Å². The van der Waals surface area contributed by atoms with E-state index in [-0.39, 0.29) is 12.4 Å². The van der Waals surface area contributed by atoms with Gasteiger partial charge in [-0.3, -0.25) is 4.57 Å². The minimum absolute atomic E-state index is 0.264. The predicted molar refractivity (Wildman–Crippen MR) is 83.5 cm³/mol. The molecule has 2 N–H and O–H groups in total. The van der Waals surface area contributed by atoms with Crippen LogP contribution in [0.3, 0.4) is 0 Å². The molecule has 0 bridgehead atoms. The third kappa shape index (κ3) is 3.48. The summed E-state index contributed by atoms with van der Waals surface area (Å²) < 4.78 is 20.5. The van der Waals surface area contributed by atoms with Crippen molar-refractivity contribution in [3.8, 4) is 5.69 Å². The molecule has 0 radical (unpaired) electrons. The second-order valence-corrected chi connectivity index (χ2v) is 6.30. The maximum absolute atomic E-state index is 13.1. The van der Waals surface area contributed by atoms with Crippen LogP contribution in [0.5, 0.6) is 0 Å². The number of halogens is 1. The van der Waals surface area contributed by atoms with Crippen molar-refractivity contribution in [2.75, 3.05) is 19.0 Å². The van der Waals surface area contributed by atoms with E-state index >= 15 is 0 Å². The molecular formula is C15H19FN4OS. The van der Waals surface area contributed by atoms with Crippen molar-refractivity contribution in [3.63, 3.8) is 0 Å². The molecule has 1 aromatic carbocycles. The molecule has 5 nitrogen and oxygen atoms in total. The molecule has 2 aromatic rings. The number of benzene rings is 1. The van der Waals surface area contributed by atoms with Crippen molar-refractivity contribution in [1.29, 1.82) is 0 Å². The lowest BCUT2D eigenvalue weighted by molar-refractivity contribution is 0.0632. The van der Waals surface area contributed by atoms with Crippen molar-refractivity contribution in [1.82, 2.24) is 14.8 Å². The Morgan fingerprint density at radius 1 is 1.32 bits per heavy atom. The fourth-order valence-corrected chi connectivity index (χ4v) is 3.59. The summed E-state index contributed by atoms with van der Waals surface area (Å²) in [6.45, 7) is 1.96. The first-order chi connectivity index (χ1) is 10.8. The largest absolute Gasteiger partial charge is 0.381 e. The van der Waals surface area contributed by atoms with Gasteiger partial charge in [-0.1, -0.05) is 11.8 Å². The summed E-state index contributed by atoms with van der Waals surface area (Å²) in [5.41, 5.74) is 6.57. The molecule has 3 rings (SSSR count). The third-order valence-electron chi connectivity index (χ3n) is 3.67. The van der Waals surface area contributed by atoms with E-state index in [2.05, 4.69) is 10.2 Å². The highest BCUT2D eigenvalue weighted by atomic mass is 32.2. The van der Waals surface area contributed by atoms with Crippen LogP contribution in [-0.2, 0) is 11.3 Å². The first kappa shape index (κ1) is 15.5. The van der Waals surface area contributed by atoms with Gasteiger partial charge >= 0.3 is 0 Å². The number of nitrogens with zero attached hydrogens (tertiary/aromatic N) is 3. The van der Waals surface area contributed by atoms with Gasteiger partial charge in [0.05, 0.1) is 13.2 Å². The van der Waals surface area contributed by atoms with Gasteiger partial charge in [-0.2, -0.15) is 0 Å². The van der Waals surface area contributed by atoms with Crippen LogP contribution in [0.25, 0.3) is 5.69 Å². The highest BCUT2D eigenvalue weighted by Crippen LogP contribution is 2.26. The number of nitrogens with two attached hydrogens (primary N) is 1. The molecule has 0 spiro atoms. The zero-order valence-electron chi connectivity index (χ0n) is 12.2. The summed E-state index contributed by atoms with van der Waals surface area (Å²) in [7, 11) is 0. The van der Waals surface area contributed by atoms with E-state index < -0.39 is 0 Å². The van der Waals surface area contributed by atoms with Crippen LogP contribution in [-0.4, -0.2) is 33.7 Å². The quantitative estimate of drug-likeness (QED) is 0.856. The van der Waals surface area contributed by atoms with Gasteiger partial charge < -0.3 is 10.5 Å². The zero-order chi connectivity index (χ0) is 15.4. The normalized spacial score (nSPS) is 18.5. The fraction of sp³-hybridized carbons (Fsp3) is 0.467. The first-order valence-corrected chi connectivity index (χ1v) is 8.37. The molecule has 0 unspecified atom stereocenters. The first-order valence-electron chi connectivity index (χ1n) is 7.39. The van der Waals surface area contributed by atoms with Crippen LogP contribution in [0, 0.1) is 11.7 Å². The maximum atomic E-state index is 13.1. The molecule has 22 heavy (non-hydrogen) atoms. The fourth-order valence-electron chi connectivity index (χ4n) is 2.51. The Bertz CT molecular complexity index is 611. The second kappa shape index (κ2) is 7.21. The third-order valence-corrected chi connectivity index (χ3v) is 4.83. The zero-order valence-corrected chi connectivity index (χ0v) is 13.1. The van der Waals surface area contributed by atoms with Gasteiger partial charge in [0, 0.05) is 18.0 Å². The summed E-state index contributed by atoms with van der Waals surface area (Å²) in [4.78, 5) is 0. The number of hydrogen-bond acceptors (Lipinski definition) is 5. The van der Waals surface area contributed by atoms with Crippen molar-refractivity contribution in [2.45, 2.75) is 24.5 Å². The summed E-state index contributed by atoms with van der Waals surface area (Å²) in [6.07, 6.45) is 2.30. The molecule has 1 aromatic heterocycles. The van der Waals surface area contributed by atoms with Gasteiger partial charge in [-0.15, -0.1) is 10.2 Å². The summed E-state index contributed by atoms with van der Waals surface area (Å²) in [6, 6.07) is 6.29. The number of rotatable bonds is 5. The molecular weight excluding hydrogens is 303 g/mol. The smallest absolute Gasteiger partial charge is 0.195 e. The summed E-state index contributed by atoms with van der Waals surface area (Å²) in [5.74, 6) is 1.89. The predicted octanol–water partition coefficient (Wildman–Crippen LogP) is 2.38. The Balaban J connectivity index is 1.79. The van der Waals surface area contributed by atoms with E-state index in [1.54, 1.807) is 23.9 Å². The van der Waals surface area contributed by atoms with Gasteiger partial charge in [0.25, 0.3) is 0 Å². The van der Waals surface area contributed by atoms with Gasteiger partial charge in [-0.05, 0) is 43.0 Å². The minimum atomic E-state index is -0.264. The van der Waals surface area contributed by atoms with Gasteiger partial charge in [-0.25, -0.2) is 4.39 Å². The van der Waals surface area contributed by atoms with Gasteiger partial charge in [0.15, 0.2) is 11.0 Å². The number of hydrogen-bond donors (Lipinski definition) is 1. The van der Waals surface area contributed by atoms with Gasteiger partial charge in [0.1, 0.15) is 5.82 Å². The lowest BCUT2D eigenvalue weighted by atomic mass is 10.1. The lowest BCUT2D eigenvalue weighted by Crippen LogP contribution is -2.19. The molecule has 1 saturated heterocycles. The van der Waals surface area contributed by atoms with Crippen LogP contribution in [0.2, 0.25) is 0 Å². The Kier molecular flexibility index (Phi) is 5.07. The Morgan fingerprint density at radius 3 is 2.82 bits per heavy atom. The van der Waals surface area contributed by atoms with Crippen molar-refractivity contribution in [3.05, 3.63) is 35.9 Å². The van der Waals surface area contributed by atoms with E-state index in [0.717, 1.165) is 36.2 Å². The molecule has 118 valence electrons. The van der Waals surface area contributed by atoms with Crippen LogP contribution >= 0.6 is 11.8 Å². The number of thioether (sulfide) groups is 1. The Labute approximate surface area is 133 Å². The molecule has 2 heterocycles. The van der Waals surface area contributed by atoms with Crippen molar-refractivity contribution in [2.24, 2.45) is 11.7 Å². The highest BCUT2D eigenvalue weighted by Gasteiger charge is 2.18. The molecule has 0 amide bonds. The lowest BCUT2D eigenvalue weighted by Gasteiger charge is -2.21. The molecule has 1 atom stereocenters. The van der Waals surface area contributed by atoms with E-state index in [1.807, 2.05) is 4.57 Å². The average molecular weight is 322 g/mol. The molecule has 1 aliphatic heterocycles. The SMILES string of the molecule is NCc1nnc(SC[C@@H]2CCCOC2)n1-c1ccc(F)cc1. The Morgan fingerprint density at radius 2 is 2.14 bits per heavy atom. The number of aromatic nitrogens is 3. The van der Waals surface area contributed by atoms with E-state index in [1.165, 1.54) is 18.6 Å². The topological polar surface area (TPSA) is 66.0 Å². The minimum Gasteiger partial charge on any atom is -0.381 e. The van der Waals surface area contributed by atoms with Crippen LogP contribution in [0.4, 0.5) is 4.39 Å². The van der Waals surface area contributed by atoms with Crippen LogP contribution in [0.15, 0.2) is 29.4 Å². The summed E-state index contributed by atoms with van der Waals surface area (Å²) >= 11 is 1.65. The monoisotopic (exact) mass is 322 g/mol. The van der Waals surface area contributed by atoms with E-state index in [9.17, 15) is 4.39 Å². The van der Waals surface area contributed by atoms with E-state index in [0.29, 0.717) is 11.7 Å². The molecule has 0 saturated carbocycles. The Hall–Kier alpha value is -1.44. The van der Waals surface area contributed by atoms with Crippen molar-refractivity contribution >= 4 is 11.8 Å². The number of ether oxygens (including phenoxy) is 1. The average Bonchev–Trinajstić information content (AvgIpc) is 2.97. The summed E-state index contributed by atoms with van der Waals surface area (Å²) in [5, 5.41) is 9.16. The molecule has 1 aliphatic rings. The second-order valence-electron chi connectivity index (χ2n) is 5.31. The maximum Gasteiger partial charge on any atom is 0.195 e. The molecule has 1 fully saturated rings. The van der Waals surface area contributed by atoms with Gasteiger partial charge in [0.2, 0.25) is 0 Å². The standard InChI is InChI=1S/C15H19FN4OS/c16-12-3-5-13(6-4-12)20-14(8-17)18-19-15(20)22-10-11-2-1-7-21-9-11/h3-6,11H,1-2,7-10,17H2/t11-/m1/s1. The molecule has 0 aliphatic carbocycles. The van der Waals surface area contributed by atoms with Crippen molar-refractivity contribution < 1.29 is 9.13 Å². The highest BCUT2D eigenvalue weighted by molar-refractivity contribution is 7.99.